The van der Waals surface area contributed by atoms with E-state index in [2.05, 4.69) is 31.8 Å². The van der Waals surface area contributed by atoms with E-state index in [0.717, 1.165) is 12.0 Å². The molecule has 1 rings (SSSR count). The third-order valence-electron chi connectivity index (χ3n) is 3.28. The van der Waals surface area contributed by atoms with Gasteiger partial charge in [-0.05, 0) is 30.8 Å². The van der Waals surface area contributed by atoms with Gasteiger partial charge in [0.05, 0.1) is 0 Å². The molecule has 0 aliphatic carbocycles. The van der Waals surface area contributed by atoms with Crippen LogP contribution in [-0.4, -0.2) is 30.7 Å². The lowest BCUT2D eigenvalue weighted by molar-refractivity contribution is -0.0138. The van der Waals surface area contributed by atoms with Crippen LogP contribution in [0.15, 0.2) is 36.7 Å². The molecule has 0 aromatic heterocycles. The second-order valence-corrected chi connectivity index (χ2v) is 5.33. The van der Waals surface area contributed by atoms with Crippen LogP contribution in [0.1, 0.15) is 26.7 Å². The lowest BCUT2D eigenvalue weighted by Crippen LogP contribution is -2.57. The van der Waals surface area contributed by atoms with E-state index < -0.39 is 5.67 Å². The molecule has 1 heterocycles. The third-order valence-corrected chi connectivity index (χ3v) is 3.28. The Morgan fingerprint density at radius 3 is 2.72 bits per heavy atom. The molecule has 1 saturated heterocycles. The van der Waals surface area contributed by atoms with Crippen LogP contribution in [0.3, 0.4) is 0 Å². The minimum atomic E-state index is -1.05. The van der Waals surface area contributed by atoms with Crippen LogP contribution in [-0.2, 0) is 0 Å². The first-order valence-electron chi connectivity index (χ1n) is 6.61. The van der Waals surface area contributed by atoms with Gasteiger partial charge >= 0.3 is 0 Å². The van der Waals surface area contributed by atoms with Crippen molar-refractivity contribution < 1.29 is 4.39 Å². The maximum Gasteiger partial charge on any atom is 0.140 e. The van der Waals surface area contributed by atoms with E-state index in [1.54, 1.807) is 6.20 Å². The fraction of sp³-hybridized carbons (Fsp3) is 0.600. The fourth-order valence-corrected chi connectivity index (χ4v) is 2.28. The lowest BCUT2D eigenvalue weighted by Gasteiger charge is -2.42. The van der Waals surface area contributed by atoms with Gasteiger partial charge < -0.3 is 5.32 Å². The molecule has 2 nitrogen and oxygen atoms in total. The average molecular weight is 252 g/mol. The van der Waals surface area contributed by atoms with E-state index in [1.807, 2.05) is 24.2 Å². The minimum absolute atomic E-state index is 0.481. The van der Waals surface area contributed by atoms with Crippen molar-refractivity contribution in [2.24, 2.45) is 5.92 Å². The monoisotopic (exact) mass is 252 g/mol. The Kier molecular flexibility index (Phi) is 5.60. The summed E-state index contributed by atoms with van der Waals surface area (Å²) in [6.45, 7) is 8.96. The van der Waals surface area contributed by atoms with Gasteiger partial charge in [0.25, 0.3) is 0 Å². The molecular weight excluding hydrogens is 227 g/mol. The van der Waals surface area contributed by atoms with Gasteiger partial charge in [-0.3, -0.25) is 4.90 Å². The van der Waals surface area contributed by atoms with Crippen LogP contribution in [0.5, 0.6) is 0 Å². The number of rotatable bonds is 7. The highest BCUT2D eigenvalue weighted by atomic mass is 19.1. The predicted octanol–water partition coefficient (Wildman–Crippen LogP) is 3.25. The van der Waals surface area contributed by atoms with Gasteiger partial charge in [0.2, 0.25) is 0 Å². The van der Waals surface area contributed by atoms with Gasteiger partial charge in [-0.15, -0.1) is 0 Å². The molecule has 18 heavy (non-hydrogen) atoms. The first-order valence-corrected chi connectivity index (χ1v) is 6.61. The topological polar surface area (TPSA) is 15.3 Å². The Morgan fingerprint density at radius 2 is 2.22 bits per heavy atom. The number of alkyl halides is 1. The number of hydrogen-bond donors (Lipinski definition) is 1. The predicted molar refractivity (Wildman–Crippen MR) is 76.0 cm³/mol. The molecule has 0 aromatic rings. The number of likely N-dealkylation sites (tertiary alicyclic amines) is 1. The fourth-order valence-electron chi connectivity index (χ4n) is 2.28. The van der Waals surface area contributed by atoms with Gasteiger partial charge in [-0.1, -0.05) is 32.9 Å². The molecule has 0 amide bonds. The van der Waals surface area contributed by atoms with Gasteiger partial charge in [0.15, 0.2) is 0 Å². The number of nitrogens with zero attached hydrogens (tertiary/aromatic N) is 1. The normalized spacial score (nSPS) is 21.7. The van der Waals surface area contributed by atoms with Crippen molar-refractivity contribution in [1.29, 1.82) is 0 Å². The molecule has 1 atom stereocenters. The zero-order valence-electron chi connectivity index (χ0n) is 11.7. The molecule has 3 heteroatoms. The smallest absolute Gasteiger partial charge is 0.140 e. The number of halogens is 1. The summed E-state index contributed by atoms with van der Waals surface area (Å²) in [5.74, 6) is 0.481. The number of nitrogens with one attached hydrogen (secondary N) is 1. The Morgan fingerprint density at radius 1 is 1.56 bits per heavy atom. The molecule has 1 fully saturated rings. The highest BCUT2D eigenvalue weighted by Gasteiger charge is 2.41. The summed E-state index contributed by atoms with van der Waals surface area (Å²) in [7, 11) is 1.95. The summed E-state index contributed by atoms with van der Waals surface area (Å²) in [6, 6.07) is 0. The number of allylic oxidation sites excluding steroid dienone is 3. The van der Waals surface area contributed by atoms with Crippen molar-refractivity contribution in [3.05, 3.63) is 36.7 Å². The second kappa shape index (κ2) is 6.74. The van der Waals surface area contributed by atoms with Crippen molar-refractivity contribution in [2.75, 3.05) is 20.1 Å². The molecule has 1 unspecified atom stereocenters. The van der Waals surface area contributed by atoms with Crippen LogP contribution in [0.2, 0.25) is 0 Å². The van der Waals surface area contributed by atoms with Gasteiger partial charge in [-0.2, -0.15) is 0 Å². The molecule has 1 aliphatic heterocycles. The summed E-state index contributed by atoms with van der Waals surface area (Å²) < 4.78 is 14.3. The van der Waals surface area contributed by atoms with Crippen molar-refractivity contribution in [3.8, 4) is 0 Å². The van der Waals surface area contributed by atoms with Crippen LogP contribution < -0.4 is 5.32 Å². The summed E-state index contributed by atoms with van der Waals surface area (Å²) >= 11 is 0. The molecular formula is C15H25FN2. The Hall–Kier alpha value is -1.09. The third kappa shape index (κ3) is 4.65. The standard InChI is InChI=1S/C15H25FN2/c1-5-13(3)9-14(7-8-17-6-2)10-15(16)11-18(4)12-15/h6-9,13,17H,2,5,10-12H2,1,3-4H3/b8-7-,14-9+. The lowest BCUT2D eigenvalue weighted by atomic mass is 9.87. The van der Waals surface area contributed by atoms with Crippen molar-refractivity contribution >= 4 is 0 Å². The van der Waals surface area contributed by atoms with Crippen LogP contribution in [0.4, 0.5) is 4.39 Å². The molecule has 0 saturated carbocycles. The largest absolute Gasteiger partial charge is 0.368 e. The van der Waals surface area contributed by atoms with Crippen LogP contribution in [0.25, 0.3) is 0 Å². The molecule has 1 N–H and O–H groups in total. The first-order chi connectivity index (χ1) is 8.49. The zero-order valence-corrected chi connectivity index (χ0v) is 11.7. The van der Waals surface area contributed by atoms with Gasteiger partial charge in [-0.25, -0.2) is 4.39 Å². The summed E-state index contributed by atoms with van der Waals surface area (Å²) in [5.41, 5.74) is 0.0151. The molecule has 0 spiro atoms. The summed E-state index contributed by atoms with van der Waals surface area (Å²) in [6.07, 6.45) is 9.11. The maximum atomic E-state index is 14.3. The van der Waals surface area contributed by atoms with Crippen molar-refractivity contribution in [1.82, 2.24) is 10.2 Å². The average Bonchev–Trinajstić information content (AvgIpc) is 2.27. The molecule has 102 valence electrons. The van der Waals surface area contributed by atoms with Crippen molar-refractivity contribution in [2.45, 2.75) is 32.4 Å². The van der Waals surface area contributed by atoms with E-state index in [9.17, 15) is 4.39 Å². The number of hydrogen-bond acceptors (Lipinski definition) is 2. The van der Waals surface area contributed by atoms with Crippen molar-refractivity contribution in [3.63, 3.8) is 0 Å². The quantitative estimate of drug-likeness (QED) is 0.700. The zero-order chi connectivity index (χ0) is 13.6. The SMILES string of the molecule is C=CN/C=C\C(=C/C(C)CC)CC1(F)CN(C)C1. The Labute approximate surface area is 110 Å². The molecule has 0 radical (unpaired) electrons. The summed E-state index contributed by atoms with van der Waals surface area (Å²) in [4.78, 5) is 2.01. The van der Waals surface area contributed by atoms with E-state index in [-0.39, 0.29) is 0 Å². The van der Waals surface area contributed by atoms with Gasteiger partial charge in [0, 0.05) is 25.7 Å². The first kappa shape index (κ1) is 15.0. The molecule has 0 aromatic carbocycles. The van der Waals surface area contributed by atoms with Crippen LogP contribution >= 0.6 is 0 Å². The highest BCUT2D eigenvalue weighted by molar-refractivity contribution is 5.23. The molecule has 1 aliphatic rings. The Bertz CT molecular complexity index is 327. The Balaban J connectivity index is 2.65. The minimum Gasteiger partial charge on any atom is -0.368 e. The van der Waals surface area contributed by atoms with E-state index in [4.69, 9.17) is 0 Å². The van der Waals surface area contributed by atoms with Gasteiger partial charge in [0.1, 0.15) is 5.67 Å². The van der Waals surface area contributed by atoms with E-state index in [0.29, 0.717) is 25.4 Å². The van der Waals surface area contributed by atoms with E-state index in [1.165, 1.54) is 0 Å². The maximum absolute atomic E-state index is 14.3. The summed E-state index contributed by atoms with van der Waals surface area (Å²) in [5, 5.41) is 2.91. The van der Waals surface area contributed by atoms with E-state index >= 15 is 0 Å². The van der Waals surface area contributed by atoms with Crippen LogP contribution in [0, 0.1) is 5.92 Å². The second-order valence-electron chi connectivity index (χ2n) is 5.33. The molecule has 0 bridgehead atoms. The highest BCUT2D eigenvalue weighted by Crippen LogP contribution is 2.31.